The third-order valence-corrected chi connectivity index (χ3v) is 1.89. The van der Waals surface area contributed by atoms with Crippen molar-refractivity contribution in [3.05, 3.63) is 30.2 Å². The first kappa shape index (κ1) is 9.45. The van der Waals surface area contributed by atoms with Crippen molar-refractivity contribution in [3.63, 3.8) is 0 Å². The van der Waals surface area contributed by atoms with E-state index in [2.05, 4.69) is 20.4 Å². The Kier molecular flexibility index (Phi) is 2.49. The van der Waals surface area contributed by atoms with Crippen LogP contribution < -0.4 is 11.1 Å². The van der Waals surface area contributed by atoms with Crippen molar-refractivity contribution in [3.8, 4) is 0 Å². The molecule has 2 aromatic heterocycles. The van der Waals surface area contributed by atoms with Gasteiger partial charge in [0.05, 0.1) is 12.2 Å². The molecule has 6 heteroatoms. The summed E-state index contributed by atoms with van der Waals surface area (Å²) in [6.07, 6.45) is 3.51. The number of anilines is 2. The summed E-state index contributed by atoms with van der Waals surface area (Å²) in [7, 11) is 1.88. The van der Waals surface area contributed by atoms with E-state index < -0.39 is 0 Å². The van der Waals surface area contributed by atoms with Crippen LogP contribution in [0, 0.1) is 0 Å². The van der Waals surface area contributed by atoms with Crippen molar-refractivity contribution in [2.75, 3.05) is 11.1 Å². The van der Waals surface area contributed by atoms with Crippen LogP contribution in [0.1, 0.15) is 5.69 Å². The molecule has 2 heterocycles. The lowest BCUT2D eigenvalue weighted by Gasteiger charge is -2.02. The molecule has 0 aliphatic rings. The molecular weight excluding hydrogens is 192 g/mol. The molecule has 0 radical (unpaired) electrons. The molecule has 0 saturated heterocycles. The second-order valence-corrected chi connectivity index (χ2v) is 3.13. The molecule has 6 nitrogen and oxygen atoms in total. The Morgan fingerprint density at radius 1 is 1.47 bits per heavy atom. The number of aromatic nitrogens is 4. The van der Waals surface area contributed by atoms with E-state index in [1.165, 1.54) is 0 Å². The van der Waals surface area contributed by atoms with Crippen LogP contribution in [0.25, 0.3) is 0 Å². The summed E-state index contributed by atoms with van der Waals surface area (Å²) < 4.78 is 1.76. The number of hydrogen-bond donors (Lipinski definition) is 2. The Morgan fingerprint density at radius 2 is 2.33 bits per heavy atom. The summed E-state index contributed by atoms with van der Waals surface area (Å²) in [6.45, 7) is 0.622. The molecule has 0 aliphatic heterocycles. The number of rotatable bonds is 3. The monoisotopic (exact) mass is 204 g/mol. The van der Waals surface area contributed by atoms with E-state index in [1.54, 1.807) is 16.9 Å². The quantitative estimate of drug-likeness (QED) is 0.756. The molecule has 0 aromatic carbocycles. The van der Waals surface area contributed by atoms with E-state index in [0.29, 0.717) is 12.4 Å². The van der Waals surface area contributed by atoms with E-state index in [-0.39, 0.29) is 5.95 Å². The highest BCUT2D eigenvalue weighted by Crippen LogP contribution is 2.04. The molecule has 2 rings (SSSR count). The van der Waals surface area contributed by atoms with Gasteiger partial charge in [0.1, 0.15) is 5.82 Å². The van der Waals surface area contributed by atoms with E-state index >= 15 is 0 Å². The topological polar surface area (TPSA) is 81.7 Å². The lowest BCUT2D eigenvalue weighted by Crippen LogP contribution is -2.04. The summed E-state index contributed by atoms with van der Waals surface area (Å²) in [6, 6.07) is 3.71. The molecule has 0 spiro atoms. The molecule has 3 N–H and O–H groups in total. The Labute approximate surface area is 87.2 Å². The SMILES string of the molecule is Cn1ccc(CNc2ccnc(N)n2)n1. The van der Waals surface area contributed by atoms with E-state index in [4.69, 9.17) is 5.73 Å². The van der Waals surface area contributed by atoms with Crippen molar-refractivity contribution < 1.29 is 0 Å². The van der Waals surface area contributed by atoms with Gasteiger partial charge in [-0.05, 0) is 12.1 Å². The summed E-state index contributed by atoms with van der Waals surface area (Å²) in [5.41, 5.74) is 6.40. The Morgan fingerprint density at radius 3 is 3.00 bits per heavy atom. The highest BCUT2D eigenvalue weighted by molar-refractivity contribution is 5.37. The van der Waals surface area contributed by atoms with Crippen molar-refractivity contribution in [1.29, 1.82) is 0 Å². The molecule has 15 heavy (non-hydrogen) atoms. The van der Waals surface area contributed by atoms with Gasteiger partial charge in [0.15, 0.2) is 0 Å². The van der Waals surface area contributed by atoms with Crippen LogP contribution >= 0.6 is 0 Å². The van der Waals surface area contributed by atoms with Gasteiger partial charge in [0.25, 0.3) is 0 Å². The third-order valence-electron chi connectivity index (χ3n) is 1.89. The fourth-order valence-corrected chi connectivity index (χ4v) is 1.21. The van der Waals surface area contributed by atoms with Gasteiger partial charge in [-0.2, -0.15) is 10.1 Å². The van der Waals surface area contributed by atoms with Crippen molar-refractivity contribution in [1.82, 2.24) is 19.7 Å². The van der Waals surface area contributed by atoms with Gasteiger partial charge in [0.2, 0.25) is 5.95 Å². The molecule has 0 unspecified atom stereocenters. The van der Waals surface area contributed by atoms with Crippen LogP contribution in [0.15, 0.2) is 24.5 Å². The second-order valence-electron chi connectivity index (χ2n) is 3.13. The van der Waals surface area contributed by atoms with Gasteiger partial charge in [-0.3, -0.25) is 4.68 Å². The minimum atomic E-state index is 0.265. The first-order valence-corrected chi connectivity index (χ1v) is 4.55. The van der Waals surface area contributed by atoms with Gasteiger partial charge in [-0.1, -0.05) is 0 Å². The summed E-state index contributed by atoms with van der Waals surface area (Å²) >= 11 is 0. The van der Waals surface area contributed by atoms with E-state index in [1.807, 2.05) is 19.3 Å². The zero-order valence-electron chi connectivity index (χ0n) is 8.38. The maximum absolute atomic E-state index is 5.45. The molecule has 0 saturated carbocycles. The molecule has 0 amide bonds. The molecule has 78 valence electrons. The third kappa shape index (κ3) is 2.43. The lowest BCUT2D eigenvalue weighted by atomic mass is 10.4. The normalized spacial score (nSPS) is 10.2. The highest BCUT2D eigenvalue weighted by Gasteiger charge is 1.98. The Balaban J connectivity index is 1.99. The maximum Gasteiger partial charge on any atom is 0.221 e. The number of nitrogens with zero attached hydrogens (tertiary/aromatic N) is 4. The van der Waals surface area contributed by atoms with E-state index in [0.717, 1.165) is 5.69 Å². The second kappa shape index (κ2) is 3.95. The number of nitrogen functional groups attached to an aromatic ring is 1. The van der Waals surface area contributed by atoms with Crippen molar-refractivity contribution in [2.24, 2.45) is 7.05 Å². The summed E-state index contributed by atoms with van der Waals surface area (Å²) in [5.74, 6) is 0.967. The van der Waals surface area contributed by atoms with Crippen molar-refractivity contribution >= 4 is 11.8 Å². The van der Waals surface area contributed by atoms with Crippen LogP contribution in [0.4, 0.5) is 11.8 Å². The predicted octanol–water partition coefficient (Wildman–Crippen LogP) is 0.404. The lowest BCUT2D eigenvalue weighted by molar-refractivity contribution is 0.747. The Hall–Kier alpha value is -2.11. The smallest absolute Gasteiger partial charge is 0.221 e. The zero-order chi connectivity index (χ0) is 10.7. The largest absolute Gasteiger partial charge is 0.368 e. The molecular formula is C9H12N6. The summed E-state index contributed by atoms with van der Waals surface area (Å²) in [5, 5.41) is 7.34. The van der Waals surface area contributed by atoms with Gasteiger partial charge in [-0.25, -0.2) is 4.98 Å². The first-order valence-electron chi connectivity index (χ1n) is 4.55. The average molecular weight is 204 g/mol. The average Bonchev–Trinajstić information content (AvgIpc) is 2.62. The minimum absolute atomic E-state index is 0.265. The van der Waals surface area contributed by atoms with Crippen LogP contribution in [0.2, 0.25) is 0 Å². The van der Waals surface area contributed by atoms with Crippen molar-refractivity contribution in [2.45, 2.75) is 6.54 Å². The van der Waals surface area contributed by atoms with Gasteiger partial charge >= 0.3 is 0 Å². The molecule has 0 atom stereocenters. The van der Waals surface area contributed by atoms with Crippen LogP contribution in [0.5, 0.6) is 0 Å². The van der Waals surface area contributed by atoms with Crippen LogP contribution in [-0.2, 0) is 13.6 Å². The van der Waals surface area contributed by atoms with Gasteiger partial charge in [0, 0.05) is 19.4 Å². The van der Waals surface area contributed by atoms with Crippen LogP contribution in [-0.4, -0.2) is 19.7 Å². The number of aryl methyl sites for hydroxylation is 1. The molecule has 0 aliphatic carbocycles. The molecule has 0 bridgehead atoms. The van der Waals surface area contributed by atoms with E-state index in [9.17, 15) is 0 Å². The number of nitrogens with one attached hydrogen (secondary N) is 1. The standard InChI is InChI=1S/C9H12N6/c1-15-5-3-7(14-15)6-12-8-2-4-11-9(10)13-8/h2-5H,6H2,1H3,(H3,10,11,12,13). The fourth-order valence-electron chi connectivity index (χ4n) is 1.21. The molecule has 0 fully saturated rings. The van der Waals surface area contributed by atoms with Gasteiger partial charge in [-0.15, -0.1) is 0 Å². The fraction of sp³-hybridized carbons (Fsp3) is 0.222. The first-order chi connectivity index (χ1) is 7.24. The molecule has 2 aromatic rings. The summed E-state index contributed by atoms with van der Waals surface area (Å²) in [4.78, 5) is 7.82. The minimum Gasteiger partial charge on any atom is -0.368 e. The predicted molar refractivity (Wildman–Crippen MR) is 57.0 cm³/mol. The highest BCUT2D eigenvalue weighted by atomic mass is 15.3. The number of nitrogens with two attached hydrogens (primary N) is 1. The van der Waals surface area contributed by atoms with Gasteiger partial charge < -0.3 is 11.1 Å². The Bertz CT molecular complexity index is 449. The number of hydrogen-bond acceptors (Lipinski definition) is 5. The maximum atomic E-state index is 5.45. The zero-order valence-corrected chi connectivity index (χ0v) is 8.38. The van der Waals surface area contributed by atoms with Crippen LogP contribution in [0.3, 0.4) is 0 Å².